The highest BCUT2D eigenvalue weighted by Gasteiger charge is 2.15. The van der Waals surface area contributed by atoms with E-state index in [-0.39, 0.29) is 0 Å². The molecule has 0 N–H and O–H groups in total. The lowest BCUT2D eigenvalue weighted by Crippen LogP contribution is -2.20. The standard InChI is InChI=1S/C19H22BrF2N3O/c1-5-25(6-2)11-23-18-10-17(20)19(24-12(18)3)26-13(4)14-7-15(21)9-16(22)8-14/h7-11,13H,5-6H2,1-4H3/b23-11-. The Balaban J connectivity index is 2.21. The number of aliphatic imine (C=N–C) groups is 1. The molecular weight excluding hydrogens is 404 g/mol. The summed E-state index contributed by atoms with van der Waals surface area (Å²) in [7, 11) is 0. The lowest BCUT2D eigenvalue weighted by Gasteiger charge is -2.17. The van der Waals surface area contributed by atoms with E-state index in [4.69, 9.17) is 4.74 Å². The second kappa shape index (κ2) is 9.07. The zero-order valence-corrected chi connectivity index (χ0v) is 16.8. The summed E-state index contributed by atoms with van der Waals surface area (Å²) in [4.78, 5) is 11.0. The predicted molar refractivity (Wildman–Crippen MR) is 103 cm³/mol. The average molecular weight is 426 g/mol. The molecule has 1 unspecified atom stereocenters. The number of hydrogen-bond donors (Lipinski definition) is 0. The predicted octanol–water partition coefficient (Wildman–Crippen LogP) is 5.57. The molecule has 7 heteroatoms. The van der Waals surface area contributed by atoms with Crippen molar-refractivity contribution in [3.8, 4) is 5.88 Å². The molecule has 1 aromatic carbocycles. The average Bonchev–Trinajstić information content (AvgIpc) is 2.58. The molecular formula is C19H22BrF2N3O. The van der Waals surface area contributed by atoms with Crippen LogP contribution in [0.4, 0.5) is 14.5 Å². The van der Waals surface area contributed by atoms with E-state index in [2.05, 4.69) is 44.7 Å². The van der Waals surface area contributed by atoms with Gasteiger partial charge in [0.25, 0.3) is 0 Å². The number of benzene rings is 1. The molecule has 0 bridgehead atoms. The monoisotopic (exact) mass is 425 g/mol. The Labute approximate surface area is 161 Å². The molecule has 0 radical (unpaired) electrons. The molecule has 0 aliphatic rings. The Bertz CT molecular complexity index is 774. The maximum absolute atomic E-state index is 13.4. The number of ether oxygens (including phenoxy) is 1. The Hall–Kier alpha value is -2.02. The van der Waals surface area contributed by atoms with Crippen LogP contribution in [-0.4, -0.2) is 29.3 Å². The summed E-state index contributed by atoms with van der Waals surface area (Å²) < 4.78 is 33.2. The highest BCUT2D eigenvalue weighted by molar-refractivity contribution is 9.10. The van der Waals surface area contributed by atoms with Gasteiger partial charge in [-0.25, -0.2) is 18.8 Å². The molecule has 1 atom stereocenters. The Morgan fingerprint density at radius 3 is 2.38 bits per heavy atom. The first-order chi connectivity index (χ1) is 12.3. The molecule has 0 amide bonds. The lowest BCUT2D eigenvalue weighted by molar-refractivity contribution is 0.214. The van der Waals surface area contributed by atoms with Crippen molar-refractivity contribution >= 4 is 28.0 Å². The van der Waals surface area contributed by atoms with E-state index >= 15 is 0 Å². The molecule has 0 aliphatic carbocycles. The number of hydrogen-bond acceptors (Lipinski definition) is 3. The highest BCUT2D eigenvalue weighted by atomic mass is 79.9. The Morgan fingerprint density at radius 2 is 1.81 bits per heavy atom. The molecule has 4 nitrogen and oxygen atoms in total. The van der Waals surface area contributed by atoms with Crippen LogP contribution in [0.2, 0.25) is 0 Å². The van der Waals surface area contributed by atoms with Crippen LogP contribution in [0.5, 0.6) is 5.88 Å². The van der Waals surface area contributed by atoms with Crippen molar-refractivity contribution in [2.75, 3.05) is 13.1 Å². The van der Waals surface area contributed by atoms with Crippen molar-refractivity contribution in [3.63, 3.8) is 0 Å². The van der Waals surface area contributed by atoms with Gasteiger partial charge in [0, 0.05) is 19.2 Å². The van der Waals surface area contributed by atoms with Gasteiger partial charge in [-0.15, -0.1) is 0 Å². The number of rotatable bonds is 7. The van der Waals surface area contributed by atoms with E-state index < -0.39 is 17.7 Å². The second-order valence-electron chi connectivity index (χ2n) is 5.81. The van der Waals surface area contributed by atoms with Gasteiger partial charge in [-0.3, -0.25) is 0 Å². The third-order valence-electron chi connectivity index (χ3n) is 3.92. The van der Waals surface area contributed by atoms with Crippen LogP contribution in [0.15, 0.2) is 33.7 Å². The molecule has 0 fully saturated rings. The molecule has 140 valence electrons. The third-order valence-corrected chi connectivity index (χ3v) is 4.49. The molecule has 1 heterocycles. The highest BCUT2D eigenvalue weighted by Crippen LogP contribution is 2.32. The summed E-state index contributed by atoms with van der Waals surface area (Å²) in [6.45, 7) is 9.41. The largest absolute Gasteiger partial charge is 0.469 e. The van der Waals surface area contributed by atoms with Gasteiger partial charge in [0.15, 0.2) is 0 Å². The Kier molecular flexibility index (Phi) is 7.08. The fourth-order valence-electron chi connectivity index (χ4n) is 2.34. The minimum atomic E-state index is -0.639. The van der Waals surface area contributed by atoms with Crippen molar-refractivity contribution in [2.45, 2.75) is 33.8 Å². The lowest BCUT2D eigenvalue weighted by atomic mass is 10.1. The summed E-state index contributed by atoms with van der Waals surface area (Å²) in [5, 5.41) is 0. The van der Waals surface area contributed by atoms with Crippen LogP contribution in [0.3, 0.4) is 0 Å². The number of halogens is 3. The first-order valence-corrected chi connectivity index (χ1v) is 9.21. The minimum absolute atomic E-state index is 0.349. The van der Waals surface area contributed by atoms with Gasteiger partial charge < -0.3 is 9.64 Å². The number of pyridine rings is 1. The first-order valence-electron chi connectivity index (χ1n) is 8.42. The summed E-state index contributed by atoms with van der Waals surface area (Å²) in [5.74, 6) is -0.930. The van der Waals surface area contributed by atoms with E-state index in [0.717, 1.165) is 24.8 Å². The SMILES string of the molecule is CCN(/C=N\c1cc(Br)c(OC(C)c2cc(F)cc(F)c2)nc1C)CC. The summed E-state index contributed by atoms with van der Waals surface area (Å²) >= 11 is 3.43. The van der Waals surface area contributed by atoms with Gasteiger partial charge in [0.2, 0.25) is 5.88 Å². The fraction of sp³-hybridized carbons (Fsp3) is 0.368. The summed E-state index contributed by atoms with van der Waals surface area (Å²) in [6.07, 6.45) is 1.23. The summed E-state index contributed by atoms with van der Waals surface area (Å²) in [6, 6.07) is 5.14. The summed E-state index contributed by atoms with van der Waals surface area (Å²) in [5.41, 5.74) is 1.82. The van der Waals surface area contributed by atoms with Crippen molar-refractivity contribution in [1.29, 1.82) is 0 Å². The maximum Gasteiger partial charge on any atom is 0.228 e. The molecule has 0 spiro atoms. The molecule has 26 heavy (non-hydrogen) atoms. The van der Waals surface area contributed by atoms with Crippen molar-refractivity contribution < 1.29 is 13.5 Å². The molecule has 0 saturated carbocycles. The van der Waals surface area contributed by atoms with Crippen LogP contribution in [-0.2, 0) is 0 Å². The van der Waals surface area contributed by atoms with Crippen molar-refractivity contribution in [3.05, 3.63) is 51.6 Å². The quantitative estimate of drug-likeness (QED) is 0.429. The van der Waals surface area contributed by atoms with Gasteiger partial charge in [0.1, 0.15) is 17.7 Å². The number of aromatic nitrogens is 1. The van der Waals surface area contributed by atoms with E-state index in [1.165, 1.54) is 12.1 Å². The van der Waals surface area contributed by atoms with Gasteiger partial charge in [-0.1, -0.05) is 0 Å². The van der Waals surface area contributed by atoms with Gasteiger partial charge >= 0.3 is 0 Å². The van der Waals surface area contributed by atoms with Crippen LogP contribution in [0.25, 0.3) is 0 Å². The number of aryl methyl sites for hydroxylation is 1. The number of nitrogens with zero attached hydrogens (tertiary/aromatic N) is 3. The third kappa shape index (κ3) is 5.24. The van der Waals surface area contributed by atoms with Crippen LogP contribution >= 0.6 is 15.9 Å². The maximum atomic E-state index is 13.4. The van der Waals surface area contributed by atoms with E-state index in [9.17, 15) is 8.78 Å². The van der Waals surface area contributed by atoms with Gasteiger partial charge in [0.05, 0.1) is 22.2 Å². The zero-order chi connectivity index (χ0) is 19.3. The Morgan fingerprint density at radius 1 is 1.19 bits per heavy atom. The van der Waals surface area contributed by atoms with E-state index in [0.29, 0.717) is 21.6 Å². The van der Waals surface area contributed by atoms with Crippen LogP contribution in [0.1, 0.15) is 38.1 Å². The fourth-order valence-corrected chi connectivity index (χ4v) is 2.74. The zero-order valence-electron chi connectivity index (χ0n) is 15.3. The molecule has 1 aromatic heterocycles. The molecule has 0 saturated heterocycles. The van der Waals surface area contributed by atoms with Crippen molar-refractivity contribution in [1.82, 2.24) is 9.88 Å². The van der Waals surface area contributed by atoms with Crippen LogP contribution in [0, 0.1) is 18.6 Å². The van der Waals surface area contributed by atoms with E-state index in [1.807, 2.05) is 13.0 Å². The van der Waals surface area contributed by atoms with Gasteiger partial charge in [-0.05, 0) is 67.4 Å². The normalized spacial score (nSPS) is 12.4. The first kappa shape index (κ1) is 20.3. The second-order valence-corrected chi connectivity index (χ2v) is 6.66. The minimum Gasteiger partial charge on any atom is -0.469 e. The molecule has 0 aliphatic heterocycles. The van der Waals surface area contributed by atoms with Crippen LogP contribution < -0.4 is 4.74 Å². The topological polar surface area (TPSA) is 37.7 Å². The smallest absolute Gasteiger partial charge is 0.228 e. The molecule has 2 aromatic rings. The van der Waals surface area contributed by atoms with Gasteiger partial charge in [-0.2, -0.15) is 0 Å². The van der Waals surface area contributed by atoms with E-state index in [1.54, 1.807) is 13.3 Å². The van der Waals surface area contributed by atoms with Crippen molar-refractivity contribution in [2.24, 2.45) is 4.99 Å². The molecule has 2 rings (SSSR count).